The summed E-state index contributed by atoms with van der Waals surface area (Å²) >= 11 is 1.72. The standard InChI is InChI=1S/C8H14N2S.ClH/c9-5-1-3-7(10)8-4-2-6-11-8;/h2,4,6-7H,1,3,5,9-10H2;1H/t7-;/m0./s1. The summed E-state index contributed by atoms with van der Waals surface area (Å²) in [6.07, 6.45) is 2.01. The van der Waals surface area contributed by atoms with Crippen LogP contribution in [0, 0.1) is 0 Å². The van der Waals surface area contributed by atoms with E-state index in [1.807, 2.05) is 6.07 Å². The van der Waals surface area contributed by atoms with Crippen LogP contribution in [0.1, 0.15) is 23.8 Å². The molecule has 0 bridgehead atoms. The molecule has 4 heteroatoms. The molecule has 0 aliphatic rings. The lowest BCUT2D eigenvalue weighted by molar-refractivity contribution is 0.626. The third kappa shape index (κ3) is 3.54. The average molecular weight is 207 g/mol. The molecular formula is C8H15ClN2S. The molecular weight excluding hydrogens is 192 g/mol. The van der Waals surface area contributed by atoms with Crippen molar-refractivity contribution in [3.05, 3.63) is 22.4 Å². The van der Waals surface area contributed by atoms with E-state index in [9.17, 15) is 0 Å². The molecule has 0 saturated heterocycles. The minimum absolute atomic E-state index is 0. The van der Waals surface area contributed by atoms with Crippen molar-refractivity contribution in [1.29, 1.82) is 0 Å². The molecule has 1 atom stereocenters. The van der Waals surface area contributed by atoms with Crippen molar-refractivity contribution >= 4 is 23.7 Å². The zero-order chi connectivity index (χ0) is 8.10. The Hall–Kier alpha value is -0.0900. The maximum atomic E-state index is 5.88. The normalized spacial score (nSPS) is 12.2. The highest BCUT2D eigenvalue weighted by atomic mass is 35.5. The van der Waals surface area contributed by atoms with E-state index in [-0.39, 0.29) is 18.4 Å². The lowest BCUT2D eigenvalue weighted by atomic mass is 10.1. The molecule has 1 rings (SSSR count). The van der Waals surface area contributed by atoms with Gasteiger partial charge in [-0.2, -0.15) is 0 Å². The van der Waals surface area contributed by atoms with Gasteiger partial charge in [0, 0.05) is 10.9 Å². The second-order valence-electron chi connectivity index (χ2n) is 2.55. The Morgan fingerprint density at radius 3 is 2.75 bits per heavy atom. The van der Waals surface area contributed by atoms with Gasteiger partial charge in [0.1, 0.15) is 0 Å². The van der Waals surface area contributed by atoms with Crippen LogP contribution in [0.25, 0.3) is 0 Å². The minimum Gasteiger partial charge on any atom is -0.330 e. The lowest BCUT2D eigenvalue weighted by Gasteiger charge is -2.06. The van der Waals surface area contributed by atoms with E-state index in [1.165, 1.54) is 4.88 Å². The maximum absolute atomic E-state index is 5.88. The van der Waals surface area contributed by atoms with E-state index >= 15 is 0 Å². The summed E-state index contributed by atoms with van der Waals surface area (Å²) in [5, 5.41) is 2.05. The molecule has 0 aliphatic carbocycles. The summed E-state index contributed by atoms with van der Waals surface area (Å²) in [5.41, 5.74) is 11.3. The molecule has 0 aliphatic heterocycles. The topological polar surface area (TPSA) is 52.0 Å². The molecule has 4 N–H and O–H groups in total. The van der Waals surface area contributed by atoms with Crippen LogP contribution in [0.2, 0.25) is 0 Å². The van der Waals surface area contributed by atoms with E-state index in [4.69, 9.17) is 11.5 Å². The van der Waals surface area contributed by atoms with Crippen molar-refractivity contribution < 1.29 is 0 Å². The van der Waals surface area contributed by atoms with Crippen LogP contribution >= 0.6 is 23.7 Å². The van der Waals surface area contributed by atoms with Gasteiger partial charge in [0.2, 0.25) is 0 Å². The zero-order valence-corrected chi connectivity index (χ0v) is 8.53. The summed E-state index contributed by atoms with van der Waals surface area (Å²) in [6.45, 7) is 0.735. The molecule has 0 fully saturated rings. The molecule has 2 nitrogen and oxygen atoms in total. The Labute approximate surface area is 83.4 Å². The highest BCUT2D eigenvalue weighted by molar-refractivity contribution is 7.10. The first-order chi connectivity index (χ1) is 5.34. The predicted molar refractivity (Wildman–Crippen MR) is 56.8 cm³/mol. The second kappa shape index (κ2) is 6.43. The van der Waals surface area contributed by atoms with Gasteiger partial charge in [-0.1, -0.05) is 6.07 Å². The third-order valence-electron chi connectivity index (χ3n) is 1.63. The monoisotopic (exact) mass is 206 g/mol. The van der Waals surface area contributed by atoms with Crippen LogP contribution in [0.4, 0.5) is 0 Å². The van der Waals surface area contributed by atoms with Crippen molar-refractivity contribution in [1.82, 2.24) is 0 Å². The SMILES string of the molecule is Cl.NCCC[C@H](N)c1cccs1. The quantitative estimate of drug-likeness (QED) is 0.791. The molecule has 0 saturated carbocycles. The molecule has 12 heavy (non-hydrogen) atoms. The Morgan fingerprint density at radius 1 is 1.50 bits per heavy atom. The van der Waals surface area contributed by atoms with Gasteiger partial charge in [-0.25, -0.2) is 0 Å². The number of nitrogens with two attached hydrogens (primary N) is 2. The van der Waals surface area contributed by atoms with Crippen LogP contribution in [0.15, 0.2) is 17.5 Å². The Bertz CT molecular complexity index is 189. The van der Waals surface area contributed by atoms with Gasteiger partial charge in [-0.3, -0.25) is 0 Å². The van der Waals surface area contributed by atoms with Crippen LogP contribution in [-0.2, 0) is 0 Å². The first-order valence-corrected chi connectivity index (χ1v) is 4.71. The first kappa shape index (κ1) is 11.9. The van der Waals surface area contributed by atoms with Crippen LogP contribution in [0.3, 0.4) is 0 Å². The van der Waals surface area contributed by atoms with Crippen molar-refractivity contribution in [2.75, 3.05) is 6.54 Å². The van der Waals surface area contributed by atoms with Crippen LogP contribution < -0.4 is 11.5 Å². The van der Waals surface area contributed by atoms with Crippen molar-refractivity contribution in [3.63, 3.8) is 0 Å². The summed E-state index contributed by atoms with van der Waals surface area (Å²) in [4.78, 5) is 1.26. The number of halogens is 1. The summed E-state index contributed by atoms with van der Waals surface area (Å²) < 4.78 is 0. The van der Waals surface area contributed by atoms with Gasteiger partial charge in [-0.15, -0.1) is 23.7 Å². The molecule has 0 amide bonds. The zero-order valence-electron chi connectivity index (χ0n) is 6.90. The molecule has 0 spiro atoms. The minimum atomic E-state index is 0. The summed E-state index contributed by atoms with van der Waals surface area (Å²) in [6, 6.07) is 4.30. The van der Waals surface area contributed by atoms with Gasteiger partial charge >= 0.3 is 0 Å². The fraction of sp³-hybridized carbons (Fsp3) is 0.500. The molecule has 0 radical (unpaired) electrons. The number of hydrogen-bond acceptors (Lipinski definition) is 3. The fourth-order valence-corrected chi connectivity index (χ4v) is 1.75. The molecule has 0 aromatic carbocycles. The molecule has 1 aromatic rings. The Kier molecular flexibility index (Phi) is 6.38. The molecule has 1 aromatic heterocycles. The van der Waals surface area contributed by atoms with Crippen molar-refractivity contribution in [2.24, 2.45) is 11.5 Å². The van der Waals surface area contributed by atoms with Gasteiger partial charge in [0.15, 0.2) is 0 Å². The number of hydrogen-bond donors (Lipinski definition) is 2. The Balaban J connectivity index is 0.00000121. The molecule has 1 heterocycles. The third-order valence-corrected chi connectivity index (χ3v) is 2.63. The smallest absolute Gasteiger partial charge is 0.0390 e. The maximum Gasteiger partial charge on any atom is 0.0390 e. The molecule has 0 unspecified atom stereocenters. The van der Waals surface area contributed by atoms with E-state index in [2.05, 4.69) is 11.4 Å². The number of rotatable bonds is 4. The van der Waals surface area contributed by atoms with Crippen LogP contribution in [0.5, 0.6) is 0 Å². The largest absolute Gasteiger partial charge is 0.330 e. The van der Waals surface area contributed by atoms with Gasteiger partial charge < -0.3 is 11.5 Å². The average Bonchev–Trinajstić information content (AvgIpc) is 2.52. The molecule has 70 valence electrons. The first-order valence-electron chi connectivity index (χ1n) is 3.83. The predicted octanol–water partition coefficient (Wildman–Crippen LogP) is 1.91. The van der Waals surface area contributed by atoms with E-state index < -0.39 is 0 Å². The highest BCUT2D eigenvalue weighted by Crippen LogP contribution is 2.19. The van der Waals surface area contributed by atoms with Gasteiger partial charge in [-0.05, 0) is 30.8 Å². The Morgan fingerprint density at radius 2 is 2.25 bits per heavy atom. The van der Waals surface area contributed by atoms with Crippen LogP contribution in [-0.4, -0.2) is 6.54 Å². The summed E-state index contributed by atoms with van der Waals surface area (Å²) in [5.74, 6) is 0. The van der Waals surface area contributed by atoms with Crippen molar-refractivity contribution in [3.8, 4) is 0 Å². The van der Waals surface area contributed by atoms with Gasteiger partial charge in [0.05, 0.1) is 0 Å². The van der Waals surface area contributed by atoms with E-state index in [1.54, 1.807) is 11.3 Å². The summed E-state index contributed by atoms with van der Waals surface area (Å²) in [7, 11) is 0. The van der Waals surface area contributed by atoms with Crippen molar-refractivity contribution in [2.45, 2.75) is 18.9 Å². The fourth-order valence-electron chi connectivity index (χ4n) is 0.982. The van der Waals surface area contributed by atoms with Gasteiger partial charge in [0.25, 0.3) is 0 Å². The van der Waals surface area contributed by atoms with E-state index in [0.717, 1.165) is 19.4 Å². The lowest BCUT2D eigenvalue weighted by Crippen LogP contribution is -2.10. The second-order valence-corrected chi connectivity index (χ2v) is 3.53. The van der Waals surface area contributed by atoms with E-state index in [0.29, 0.717) is 0 Å². The highest BCUT2D eigenvalue weighted by Gasteiger charge is 2.04. The number of thiophene rings is 1.